The van der Waals surface area contributed by atoms with Crippen molar-refractivity contribution in [2.24, 2.45) is 11.5 Å². The van der Waals surface area contributed by atoms with E-state index in [0.29, 0.717) is 19.5 Å². The van der Waals surface area contributed by atoms with E-state index in [0.717, 1.165) is 17.8 Å². The van der Waals surface area contributed by atoms with Crippen LogP contribution in [0.25, 0.3) is 0 Å². The standard InChI is InChI=1S/C12H19N3O/c1-2-15(8-7-12(14)16)11-5-3-10(9-13)4-6-11/h3-6H,2,7-9,13H2,1H3,(H2,14,16). The first-order valence-electron chi connectivity index (χ1n) is 5.49. The number of rotatable bonds is 6. The van der Waals surface area contributed by atoms with Crippen molar-refractivity contribution in [3.8, 4) is 0 Å². The quantitative estimate of drug-likeness (QED) is 0.748. The molecule has 0 heterocycles. The zero-order chi connectivity index (χ0) is 12.0. The summed E-state index contributed by atoms with van der Waals surface area (Å²) in [6.45, 7) is 4.12. The first-order chi connectivity index (χ1) is 7.67. The van der Waals surface area contributed by atoms with E-state index in [4.69, 9.17) is 11.5 Å². The van der Waals surface area contributed by atoms with Crippen LogP contribution in [-0.2, 0) is 11.3 Å². The summed E-state index contributed by atoms with van der Waals surface area (Å²) in [5.74, 6) is -0.267. The molecule has 4 nitrogen and oxygen atoms in total. The molecule has 0 spiro atoms. The zero-order valence-electron chi connectivity index (χ0n) is 9.65. The van der Waals surface area contributed by atoms with Gasteiger partial charge in [-0.3, -0.25) is 4.79 Å². The van der Waals surface area contributed by atoms with E-state index in [1.807, 2.05) is 24.3 Å². The fourth-order valence-electron chi connectivity index (χ4n) is 1.56. The molecule has 0 saturated heterocycles. The van der Waals surface area contributed by atoms with Gasteiger partial charge in [-0.15, -0.1) is 0 Å². The summed E-state index contributed by atoms with van der Waals surface area (Å²) in [7, 11) is 0. The molecule has 0 fully saturated rings. The van der Waals surface area contributed by atoms with Crippen LogP contribution >= 0.6 is 0 Å². The number of benzene rings is 1. The van der Waals surface area contributed by atoms with Crippen molar-refractivity contribution < 1.29 is 4.79 Å². The van der Waals surface area contributed by atoms with Crippen LogP contribution in [0.2, 0.25) is 0 Å². The minimum Gasteiger partial charge on any atom is -0.371 e. The molecule has 1 aromatic carbocycles. The lowest BCUT2D eigenvalue weighted by Crippen LogP contribution is -2.27. The third kappa shape index (κ3) is 3.55. The Kier molecular flexibility index (Phi) is 4.79. The van der Waals surface area contributed by atoms with Crippen LogP contribution in [0.1, 0.15) is 18.9 Å². The average Bonchev–Trinajstić information content (AvgIpc) is 2.30. The maximum atomic E-state index is 10.7. The van der Waals surface area contributed by atoms with Gasteiger partial charge in [-0.25, -0.2) is 0 Å². The topological polar surface area (TPSA) is 72.3 Å². The SMILES string of the molecule is CCN(CCC(N)=O)c1ccc(CN)cc1. The van der Waals surface area contributed by atoms with Crippen LogP contribution in [0.3, 0.4) is 0 Å². The highest BCUT2D eigenvalue weighted by molar-refractivity contribution is 5.74. The maximum Gasteiger partial charge on any atom is 0.219 e. The van der Waals surface area contributed by atoms with E-state index in [9.17, 15) is 4.79 Å². The number of primary amides is 1. The van der Waals surface area contributed by atoms with Gasteiger partial charge in [0.15, 0.2) is 0 Å². The van der Waals surface area contributed by atoms with Crippen molar-refractivity contribution in [1.82, 2.24) is 0 Å². The highest BCUT2D eigenvalue weighted by atomic mass is 16.1. The second kappa shape index (κ2) is 6.12. The predicted octanol–water partition coefficient (Wildman–Crippen LogP) is 0.847. The third-order valence-electron chi connectivity index (χ3n) is 2.55. The number of nitrogens with zero attached hydrogens (tertiary/aromatic N) is 1. The summed E-state index contributed by atoms with van der Waals surface area (Å²) < 4.78 is 0. The van der Waals surface area contributed by atoms with Gasteiger partial charge in [0.25, 0.3) is 0 Å². The largest absolute Gasteiger partial charge is 0.371 e. The lowest BCUT2D eigenvalue weighted by Gasteiger charge is -2.22. The minimum atomic E-state index is -0.267. The molecule has 88 valence electrons. The molecule has 4 N–H and O–H groups in total. The normalized spacial score (nSPS) is 10.1. The first-order valence-corrected chi connectivity index (χ1v) is 5.49. The van der Waals surface area contributed by atoms with E-state index in [1.165, 1.54) is 0 Å². The van der Waals surface area contributed by atoms with Crippen molar-refractivity contribution in [3.63, 3.8) is 0 Å². The molecule has 1 aromatic rings. The average molecular weight is 221 g/mol. The molecule has 0 aromatic heterocycles. The molecule has 1 rings (SSSR count). The Bertz CT molecular complexity index is 335. The van der Waals surface area contributed by atoms with Gasteiger partial charge in [-0.2, -0.15) is 0 Å². The number of amides is 1. The van der Waals surface area contributed by atoms with Crippen LogP contribution < -0.4 is 16.4 Å². The Morgan fingerprint density at radius 1 is 1.31 bits per heavy atom. The monoisotopic (exact) mass is 221 g/mol. The number of hydrogen-bond acceptors (Lipinski definition) is 3. The van der Waals surface area contributed by atoms with Gasteiger partial charge >= 0.3 is 0 Å². The van der Waals surface area contributed by atoms with Gasteiger partial charge < -0.3 is 16.4 Å². The molecule has 1 amide bonds. The summed E-state index contributed by atoms with van der Waals surface area (Å²) in [4.78, 5) is 12.8. The van der Waals surface area contributed by atoms with Crippen molar-refractivity contribution in [3.05, 3.63) is 29.8 Å². The van der Waals surface area contributed by atoms with Gasteiger partial charge in [0.1, 0.15) is 0 Å². The third-order valence-corrected chi connectivity index (χ3v) is 2.55. The van der Waals surface area contributed by atoms with E-state index in [1.54, 1.807) is 0 Å². The van der Waals surface area contributed by atoms with Gasteiger partial charge in [-0.05, 0) is 24.6 Å². The molecule has 4 heteroatoms. The van der Waals surface area contributed by atoms with Gasteiger partial charge in [0.05, 0.1) is 0 Å². The molecule has 0 unspecified atom stereocenters. The number of carbonyl (C=O) groups is 1. The van der Waals surface area contributed by atoms with E-state index in [-0.39, 0.29) is 5.91 Å². The summed E-state index contributed by atoms with van der Waals surface area (Å²) in [6.07, 6.45) is 0.381. The fraction of sp³-hybridized carbons (Fsp3) is 0.417. The zero-order valence-corrected chi connectivity index (χ0v) is 9.65. The Labute approximate surface area is 96.2 Å². The Balaban J connectivity index is 2.66. The van der Waals surface area contributed by atoms with Crippen LogP contribution in [0, 0.1) is 0 Å². The smallest absolute Gasteiger partial charge is 0.219 e. The minimum absolute atomic E-state index is 0.267. The lowest BCUT2D eigenvalue weighted by molar-refractivity contribution is -0.117. The van der Waals surface area contributed by atoms with E-state index in [2.05, 4.69) is 11.8 Å². The van der Waals surface area contributed by atoms with Gasteiger partial charge in [0.2, 0.25) is 5.91 Å². The van der Waals surface area contributed by atoms with E-state index < -0.39 is 0 Å². The molecule has 0 aliphatic rings. The molecule has 0 atom stereocenters. The Morgan fingerprint density at radius 3 is 2.38 bits per heavy atom. The van der Waals surface area contributed by atoms with Gasteiger partial charge in [0, 0.05) is 31.7 Å². The molecule has 0 saturated carbocycles. The molecule has 0 aliphatic carbocycles. The summed E-state index contributed by atoms with van der Waals surface area (Å²) in [5.41, 5.74) is 12.9. The number of carbonyl (C=O) groups excluding carboxylic acids is 1. The lowest BCUT2D eigenvalue weighted by atomic mass is 10.2. The number of hydrogen-bond donors (Lipinski definition) is 2. The molecule has 0 aliphatic heterocycles. The Morgan fingerprint density at radius 2 is 1.94 bits per heavy atom. The van der Waals surface area contributed by atoms with Crippen molar-refractivity contribution in [2.75, 3.05) is 18.0 Å². The first kappa shape index (κ1) is 12.5. The van der Waals surface area contributed by atoms with Crippen LogP contribution in [0.4, 0.5) is 5.69 Å². The number of nitrogens with two attached hydrogens (primary N) is 2. The Hall–Kier alpha value is -1.55. The second-order valence-corrected chi connectivity index (χ2v) is 3.67. The number of anilines is 1. The predicted molar refractivity (Wildman–Crippen MR) is 66.0 cm³/mol. The van der Waals surface area contributed by atoms with Crippen molar-refractivity contribution in [2.45, 2.75) is 19.9 Å². The molecular formula is C12H19N3O. The summed E-state index contributed by atoms with van der Waals surface area (Å²) >= 11 is 0. The van der Waals surface area contributed by atoms with Gasteiger partial charge in [-0.1, -0.05) is 12.1 Å². The maximum absolute atomic E-state index is 10.7. The van der Waals surface area contributed by atoms with E-state index >= 15 is 0 Å². The second-order valence-electron chi connectivity index (χ2n) is 3.67. The molecule has 0 bridgehead atoms. The highest BCUT2D eigenvalue weighted by Gasteiger charge is 2.05. The van der Waals surface area contributed by atoms with Crippen LogP contribution in [0.15, 0.2) is 24.3 Å². The fourth-order valence-corrected chi connectivity index (χ4v) is 1.56. The van der Waals surface area contributed by atoms with Crippen LogP contribution in [0.5, 0.6) is 0 Å². The van der Waals surface area contributed by atoms with Crippen molar-refractivity contribution in [1.29, 1.82) is 0 Å². The molecular weight excluding hydrogens is 202 g/mol. The van der Waals surface area contributed by atoms with Crippen molar-refractivity contribution >= 4 is 11.6 Å². The molecule has 0 radical (unpaired) electrons. The van der Waals surface area contributed by atoms with Crippen LogP contribution in [-0.4, -0.2) is 19.0 Å². The highest BCUT2D eigenvalue weighted by Crippen LogP contribution is 2.15. The summed E-state index contributed by atoms with van der Waals surface area (Å²) in [6, 6.07) is 8.05. The molecule has 16 heavy (non-hydrogen) atoms. The summed E-state index contributed by atoms with van der Waals surface area (Å²) in [5, 5.41) is 0.